The lowest BCUT2D eigenvalue weighted by molar-refractivity contribution is -0.384. The first-order valence-electron chi connectivity index (χ1n) is 10.6. The molecular weight excluding hydrogens is 450 g/mol. The van der Waals surface area contributed by atoms with Crippen LogP contribution in [0.4, 0.5) is 11.4 Å². The monoisotopic (exact) mass is 471 g/mol. The second-order valence-corrected chi connectivity index (χ2v) is 8.14. The van der Waals surface area contributed by atoms with Gasteiger partial charge in [0.1, 0.15) is 11.8 Å². The third-order valence-corrected chi connectivity index (χ3v) is 6.16. The molecule has 2 atom stereocenters. The zero-order chi connectivity index (χ0) is 23.7. The molecule has 0 spiro atoms. The molecule has 9 heteroatoms. The largest absolute Gasteiger partial charge is 0.495 e. The molecule has 0 radical (unpaired) electrons. The van der Waals surface area contributed by atoms with Gasteiger partial charge in [-0.05, 0) is 54.7 Å². The highest BCUT2D eigenvalue weighted by atomic mass is 32.1. The molecule has 0 amide bonds. The number of nitrogens with one attached hydrogen (secondary N) is 1. The SMILES string of the molecule is COc1ccccc1N1C(=S)NC(c2ccccn2)C1c1cccn1-c1cccc([N+](=O)[O-])c1. The van der Waals surface area contributed by atoms with Crippen molar-refractivity contribution in [3.8, 4) is 11.4 Å². The number of benzene rings is 2. The van der Waals surface area contributed by atoms with Crippen LogP contribution < -0.4 is 15.0 Å². The zero-order valence-electron chi connectivity index (χ0n) is 18.2. The Morgan fingerprint density at radius 2 is 1.88 bits per heavy atom. The molecular formula is C25H21N5O3S. The number of thiocarbonyl (C=S) groups is 1. The first kappa shape index (κ1) is 21.6. The van der Waals surface area contributed by atoms with Crippen molar-refractivity contribution in [2.24, 2.45) is 0 Å². The van der Waals surface area contributed by atoms with Gasteiger partial charge in [0.15, 0.2) is 5.11 Å². The van der Waals surface area contributed by atoms with Crippen LogP contribution >= 0.6 is 12.2 Å². The number of aromatic nitrogens is 2. The summed E-state index contributed by atoms with van der Waals surface area (Å²) in [4.78, 5) is 17.6. The minimum absolute atomic E-state index is 0.0279. The highest BCUT2D eigenvalue weighted by molar-refractivity contribution is 7.80. The molecule has 0 bridgehead atoms. The van der Waals surface area contributed by atoms with E-state index in [1.54, 1.807) is 25.4 Å². The third-order valence-electron chi connectivity index (χ3n) is 5.84. The predicted molar refractivity (Wildman–Crippen MR) is 133 cm³/mol. The fourth-order valence-corrected chi connectivity index (χ4v) is 4.71. The molecule has 3 heterocycles. The van der Waals surface area contributed by atoms with Gasteiger partial charge in [-0.25, -0.2) is 0 Å². The van der Waals surface area contributed by atoms with Crippen molar-refractivity contribution in [3.05, 3.63) is 113 Å². The van der Waals surface area contributed by atoms with Gasteiger partial charge in [0, 0.05) is 30.2 Å². The molecule has 1 fully saturated rings. The Morgan fingerprint density at radius 3 is 2.65 bits per heavy atom. The number of nitrogens with zero attached hydrogens (tertiary/aromatic N) is 4. The van der Waals surface area contributed by atoms with E-state index < -0.39 is 4.92 Å². The molecule has 1 aliphatic rings. The number of para-hydroxylation sites is 2. The smallest absolute Gasteiger partial charge is 0.271 e. The maximum atomic E-state index is 11.4. The van der Waals surface area contributed by atoms with Crippen LogP contribution in [0.1, 0.15) is 23.5 Å². The number of non-ortho nitro benzene ring substituents is 1. The van der Waals surface area contributed by atoms with Crippen LogP contribution in [0.2, 0.25) is 0 Å². The first-order valence-corrected chi connectivity index (χ1v) is 11.0. The molecule has 0 aliphatic carbocycles. The van der Waals surface area contributed by atoms with E-state index in [-0.39, 0.29) is 17.8 Å². The quantitative estimate of drug-likeness (QED) is 0.241. The molecule has 0 saturated carbocycles. The predicted octanol–water partition coefficient (Wildman–Crippen LogP) is 4.97. The van der Waals surface area contributed by atoms with Gasteiger partial charge >= 0.3 is 0 Å². The van der Waals surface area contributed by atoms with Gasteiger partial charge in [0.05, 0.1) is 35.1 Å². The fourth-order valence-electron chi connectivity index (χ4n) is 4.37. The molecule has 170 valence electrons. The van der Waals surface area contributed by atoms with Crippen molar-refractivity contribution >= 4 is 28.7 Å². The Labute approximate surface area is 201 Å². The van der Waals surface area contributed by atoms with E-state index >= 15 is 0 Å². The summed E-state index contributed by atoms with van der Waals surface area (Å²) in [5, 5.41) is 15.4. The van der Waals surface area contributed by atoms with E-state index in [1.807, 2.05) is 76.3 Å². The standard InChI is InChI=1S/C25H21N5O3S/c1-33-22-13-3-2-11-20(22)29-24(23(27-25(29)34)19-10-4-5-14-26-19)21-12-7-15-28(21)17-8-6-9-18(16-17)30(31)32/h2-16,23-24H,1H3,(H,27,34). The number of hydrogen-bond donors (Lipinski definition) is 1. The molecule has 1 N–H and O–H groups in total. The number of methoxy groups -OCH3 is 1. The van der Waals surface area contributed by atoms with Crippen molar-refractivity contribution in [3.63, 3.8) is 0 Å². The third kappa shape index (κ3) is 3.75. The summed E-state index contributed by atoms with van der Waals surface area (Å²) in [7, 11) is 1.63. The van der Waals surface area contributed by atoms with E-state index in [9.17, 15) is 10.1 Å². The normalized spacial score (nSPS) is 17.4. The van der Waals surface area contributed by atoms with Crippen LogP contribution in [0.25, 0.3) is 5.69 Å². The number of rotatable bonds is 6. The van der Waals surface area contributed by atoms with Gasteiger partial charge in [-0.3, -0.25) is 15.1 Å². The molecule has 4 aromatic rings. The van der Waals surface area contributed by atoms with Crippen LogP contribution in [-0.4, -0.2) is 26.7 Å². The second-order valence-electron chi connectivity index (χ2n) is 7.75. The van der Waals surface area contributed by atoms with E-state index in [2.05, 4.69) is 10.3 Å². The average Bonchev–Trinajstić information content (AvgIpc) is 3.49. The highest BCUT2D eigenvalue weighted by Crippen LogP contribution is 2.44. The maximum Gasteiger partial charge on any atom is 0.271 e. The molecule has 2 aromatic heterocycles. The average molecular weight is 472 g/mol. The van der Waals surface area contributed by atoms with Gasteiger partial charge in [-0.1, -0.05) is 24.3 Å². The number of nitro groups is 1. The summed E-state index contributed by atoms with van der Waals surface area (Å²) in [5.41, 5.74) is 3.26. The van der Waals surface area contributed by atoms with Crippen molar-refractivity contribution in [2.75, 3.05) is 12.0 Å². The van der Waals surface area contributed by atoms with Crippen LogP contribution in [0.3, 0.4) is 0 Å². The molecule has 5 rings (SSSR count). The first-order chi connectivity index (χ1) is 16.6. The minimum Gasteiger partial charge on any atom is -0.495 e. The summed E-state index contributed by atoms with van der Waals surface area (Å²) >= 11 is 5.81. The Hall–Kier alpha value is -4.24. The van der Waals surface area contributed by atoms with Crippen molar-refractivity contribution in [1.82, 2.24) is 14.9 Å². The van der Waals surface area contributed by atoms with E-state index in [0.717, 1.165) is 17.1 Å². The molecule has 34 heavy (non-hydrogen) atoms. The zero-order valence-corrected chi connectivity index (χ0v) is 19.1. The lowest BCUT2D eigenvalue weighted by Crippen LogP contribution is -2.30. The van der Waals surface area contributed by atoms with Crippen molar-refractivity contribution in [1.29, 1.82) is 0 Å². The van der Waals surface area contributed by atoms with Crippen molar-refractivity contribution < 1.29 is 9.66 Å². The van der Waals surface area contributed by atoms with E-state index in [4.69, 9.17) is 17.0 Å². The molecule has 1 aliphatic heterocycles. The Bertz CT molecular complexity index is 1360. The minimum atomic E-state index is -0.392. The van der Waals surface area contributed by atoms with E-state index in [1.165, 1.54) is 6.07 Å². The second kappa shape index (κ2) is 8.95. The Morgan fingerprint density at radius 1 is 1.06 bits per heavy atom. The number of hydrogen-bond acceptors (Lipinski definition) is 5. The molecule has 8 nitrogen and oxygen atoms in total. The number of pyridine rings is 1. The maximum absolute atomic E-state index is 11.4. The van der Waals surface area contributed by atoms with Gasteiger partial charge in [-0.2, -0.15) is 0 Å². The Kier molecular flexibility index (Phi) is 5.69. The highest BCUT2D eigenvalue weighted by Gasteiger charge is 2.43. The molecule has 1 saturated heterocycles. The number of nitro benzene ring substituents is 1. The fraction of sp³-hybridized carbons (Fsp3) is 0.120. The van der Waals surface area contributed by atoms with Crippen LogP contribution in [0.5, 0.6) is 5.75 Å². The Balaban J connectivity index is 1.69. The number of ether oxygens (including phenoxy) is 1. The van der Waals surface area contributed by atoms with Gasteiger partial charge in [0.2, 0.25) is 0 Å². The van der Waals surface area contributed by atoms with Crippen LogP contribution in [0, 0.1) is 10.1 Å². The lowest BCUT2D eigenvalue weighted by Gasteiger charge is -2.29. The summed E-state index contributed by atoms with van der Waals surface area (Å²) in [6.45, 7) is 0. The summed E-state index contributed by atoms with van der Waals surface area (Å²) in [6, 6.07) is 23.4. The summed E-state index contributed by atoms with van der Waals surface area (Å²) in [6.07, 6.45) is 3.65. The van der Waals surface area contributed by atoms with E-state index in [0.29, 0.717) is 16.5 Å². The summed E-state index contributed by atoms with van der Waals surface area (Å²) in [5.74, 6) is 0.687. The van der Waals surface area contributed by atoms with Gasteiger partial charge in [-0.15, -0.1) is 0 Å². The van der Waals surface area contributed by atoms with Gasteiger partial charge < -0.3 is 19.5 Å². The van der Waals surface area contributed by atoms with Crippen LogP contribution in [0.15, 0.2) is 91.3 Å². The van der Waals surface area contributed by atoms with Gasteiger partial charge in [0.25, 0.3) is 5.69 Å². The lowest BCUT2D eigenvalue weighted by atomic mass is 10.0. The summed E-state index contributed by atoms with van der Waals surface area (Å²) < 4.78 is 7.59. The number of anilines is 1. The molecule has 2 unspecified atom stereocenters. The molecule has 2 aromatic carbocycles. The topological polar surface area (TPSA) is 85.5 Å². The van der Waals surface area contributed by atoms with Crippen molar-refractivity contribution in [2.45, 2.75) is 12.1 Å². The van der Waals surface area contributed by atoms with Crippen LogP contribution in [-0.2, 0) is 0 Å².